The standard InChI is InChI=1S/C15H15ClF3N3O3/c1-23-10-4-3-9(12(5-10)24-2)7-20-11-6-13(16)21-22-14(11)25-8-15(17,18)19/h3-6H,7-8H2,1-2H3,(H,20,21). The van der Waals surface area contributed by atoms with E-state index in [1.54, 1.807) is 18.2 Å². The quantitative estimate of drug-likeness (QED) is 0.793. The van der Waals surface area contributed by atoms with Crippen molar-refractivity contribution in [3.8, 4) is 17.4 Å². The van der Waals surface area contributed by atoms with Gasteiger partial charge in [-0.05, 0) is 12.1 Å². The third-order valence-corrected chi connectivity index (χ3v) is 3.25. The number of aromatic nitrogens is 2. The third kappa shape index (κ3) is 5.56. The molecule has 2 aromatic rings. The molecular formula is C15H15ClF3N3O3. The fourth-order valence-corrected chi connectivity index (χ4v) is 2.08. The van der Waals surface area contributed by atoms with Crippen LogP contribution in [0.1, 0.15) is 5.56 Å². The summed E-state index contributed by atoms with van der Waals surface area (Å²) in [4.78, 5) is 0. The van der Waals surface area contributed by atoms with E-state index in [9.17, 15) is 13.2 Å². The molecule has 0 atom stereocenters. The van der Waals surface area contributed by atoms with Crippen molar-refractivity contribution < 1.29 is 27.4 Å². The molecule has 0 saturated carbocycles. The first kappa shape index (κ1) is 18.9. The number of halogens is 4. The number of rotatable bonds is 7. The lowest BCUT2D eigenvalue weighted by molar-refractivity contribution is -0.154. The molecule has 0 spiro atoms. The molecule has 0 amide bonds. The minimum absolute atomic E-state index is 0.0172. The van der Waals surface area contributed by atoms with Crippen LogP contribution in [0, 0.1) is 0 Å². The van der Waals surface area contributed by atoms with E-state index in [2.05, 4.69) is 20.3 Å². The number of hydrogen-bond acceptors (Lipinski definition) is 6. The van der Waals surface area contributed by atoms with Gasteiger partial charge in [0.1, 0.15) is 17.2 Å². The van der Waals surface area contributed by atoms with Gasteiger partial charge in [-0.1, -0.05) is 11.6 Å². The first-order valence-electron chi connectivity index (χ1n) is 7.00. The summed E-state index contributed by atoms with van der Waals surface area (Å²) in [5, 5.41) is 9.98. The van der Waals surface area contributed by atoms with Gasteiger partial charge in [-0.15, -0.1) is 10.2 Å². The van der Waals surface area contributed by atoms with Gasteiger partial charge in [0.2, 0.25) is 0 Å². The van der Waals surface area contributed by atoms with Gasteiger partial charge in [0.15, 0.2) is 11.8 Å². The number of ether oxygens (including phenoxy) is 3. The van der Waals surface area contributed by atoms with Gasteiger partial charge in [-0.2, -0.15) is 13.2 Å². The Kier molecular flexibility index (Phi) is 6.13. The number of alkyl halides is 3. The Balaban J connectivity index is 2.16. The van der Waals surface area contributed by atoms with Gasteiger partial charge in [-0.25, -0.2) is 0 Å². The molecule has 0 radical (unpaired) electrons. The maximum Gasteiger partial charge on any atom is 0.422 e. The van der Waals surface area contributed by atoms with Gasteiger partial charge in [0.05, 0.1) is 14.2 Å². The second-order valence-corrected chi connectivity index (χ2v) is 5.21. The molecule has 0 fully saturated rings. The Morgan fingerprint density at radius 2 is 1.88 bits per heavy atom. The summed E-state index contributed by atoms with van der Waals surface area (Å²) in [7, 11) is 3.03. The molecular weight excluding hydrogens is 363 g/mol. The van der Waals surface area contributed by atoms with E-state index in [-0.39, 0.29) is 23.3 Å². The van der Waals surface area contributed by atoms with Crippen molar-refractivity contribution in [1.82, 2.24) is 10.2 Å². The van der Waals surface area contributed by atoms with Gasteiger partial charge in [0.25, 0.3) is 5.88 Å². The van der Waals surface area contributed by atoms with Crippen molar-refractivity contribution in [3.05, 3.63) is 35.0 Å². The van der Waals surface area contributed by atoms with Gasteiger partial charge in [-0.3, -0.25) is 0 Å². The monoisotopic (exact) mass is 377 g/mol. The van der Waals surface area contributed by atoms with Crippen molar-refractivity contribution >= 4 is 17.3 Å². The SMILES string of the molecule is COc1ccc(CNc2cc(Cl)nnc2OCC(F)(F)F)c(OC)c1. The minimum Gasteiger partial charge on any atom is -0.497 e. The number of nitrogens with one attached hydrogen (secondary N) is 1. The topological polar surface area (TPSA) is 65.5 Å². The Bertz CT molecular complexity index is 729. The number of anilines is 1. The smallest absolute Gasteiger partial charge is 0.422 e. The second-order valence-electron chi connectivity index (χ2n) is 4.82. The molecule has 25 heavy (non-hydrogen) atoms. The zero-order chi connectivity index (χ0) is 18.4. The van der Waals surface area contributed by atoms with Crippen molar-refractivity contribution in [3.63, 3.8) is 0 Å². The maximum atomic E-state index is 12.3. The summed E-state index contributed by atoms with van der Waals surface area (Å²) < 4.78 is 52.0. The van der Waals surface area contributed by atoms with Crippen molar-refractivity contribution in [2.45, 2.75) is 12.7 Å². The average molecular weight is 378 g/mol. The van der Waals surface area contributed by atoms with Crippen molar-refractivity contribution in [2.75, 3.05) is 26.1 Å². The number of benzene rings is 1. The summed E-state index contributed by atoms with van der Waals surface area (Å²) in [5.74, 6) is 0.871. The van der Waals surface area contributed by atoms with Crippen LogP contribution in [0.15, 0.2) is 24.3 Å². The summed E-state index contributed by atoms with van der Waals surface area (Å²) in [6.07, 6.45) is -4.49. The van der Waals surface area contributed by atoms with Crippen LogP contribution in [0.4, 0.5) is 18.9 Å². The first-order valence-corrected chi connectivity index (χ1v) is 7.37. The molecule has 136 valence electrons. The highest BCUT2D eigenvalue weighted by Crippen LogP contribution is 2.29. The van der Waals surface area contributed by atoms with Crippen LogP contribution in [-0.4, -0.2) is 37.2 Å². The lowest BCUT2D eigenvalue weighted by Crippen LogP contribution is -2.20. The Morgan fingerprint density at radius 1 is 1.12 bits per heavy atom. The van der Waals surface area contributed by atoms with Crippen LogP contribution in [0.5, 0.6) is 17.4 Å². The lowest BCUT2D eigenvalue weighted by Gasteiger charge is -2.15. The maximum absolute atomic E-state index is 12.3. The molecule has 10 heteroatoms. The molecule has 2 rings (SSSR count). The number of methoxy groups -OCH3 is 2. The van der Waals surface area contributed by atoms with Crippen molar-refractivity contribution in [1.29, 1.82) is 0 Å². The second kappa shape index (κ2) is 8.11. The molecule has 0 aliphatic heterocycles. The summed E-state index contributed by atoms with van der Waals surface area (Å²) in [5.41, 5.74) is 0.931. The predicted octanol–water partition coefficient (Wildman–Crippen LogP) is 3.70. The molecule has 1 aromatic carbocycles. The van der Waals surface area contributed by atoms with E-state index in [1.807, 2.05) is 0 Å². The fraction of sp³-hybridized carbons (Fsp3) is 0.333. The lowest BCUT2D eigenvalue weighted by atomic mass is 10.2. The van der Waals surface area contributed by atoms with E-state index in [1.165, 1.54) is 20.3 Å². The highest BCUT2D eigenvalue weighted by atomic mass is 35.5. The molecule has 0 aliphatic rings. The van der Waals surface area contributed by atoms with Crippen molar-refractivity contribution in [2.24, 2.45) is 0 Å². The van der Waals surface area contributed by atoms with E-state index in [4.69, 9.17) is 21.1 Å². The van der Waals surface area contributed by atoms with Crippen LogP contribution >= 0.6 is 11.6 Å². The van der Waals surface area contributed by atoms with Crippen LogP contribution < -0.4 is 19.5 Å². The van der Waals surface area contributed by atoms with Gasteiger partial charge in [0, 0.05) is 24.2 Å². The Hall–Kier alpha value is -2.42. The van der Waals surface area contributed by atoms with E-state index in [0.29, 0.717) is 11.5 Å². The van der Waals surface area contributed by atoms with Gasteiger partial charge < -0.3 is 19.5 Å². The normalized spacial score (nSPS) is 11.1. The van der Waals surface area contributed by atoms with E-state index in [0.717, 1.165) is 5.56 Å². The summed E-state index contributed by atoms with van der Waals surface area (Å²) >= 11 is 5.75. The predicted molar refractivity (Wildman–Crippen MR) is 85.5 cm³/mol. The number of hydrogen-bond donors (Lipinski definition) is 1. The van der Waals surface area contributed by atoms with Crippen LogP contribution in [0.2, 0.25) is 5.15 Å². The zero-order valence-corrected chi connectivity index (χ0v) is 14.1. The fourth-order valence-electron chi connectivity index (χ4n) is 1.93. The van der Waals surface area contributed by atoms with Crippen LogP contribution in [0.25, 0.3) is 0 Å². The molecule has 0 bridgehead atoms. The Labute approximate surface area is 146 Å². The van der Waals surface area contributed by atoms with E-state index < -0.39 is 12.8 Å². The average Bonchev–Trinajstić information content (AvgIpc) is 2.58. The van der Waals surface area contributed by atoms with Gasteiger partial charge >= 0.3 is 6.18 Å². The molecule has 1 aromatic heterocycles. The summed E-state index contributed by atoms with van der Waals surface area (Å²) in [6, 6.07) is 6.52. The van der Waals surface area contributed by atoms with Crippen LogP contribution in [-0.2, 0) is 6.54 Å². The summed E-state index contributed by atoms with van der Waals surface area (Å²) in [6.45, 7) is -1.25. The highest BCUT2D eigenvalue weighted by molar-refractivity contribution is 6.29. The molecule has 0 unspecified atom stereocenters. The van der Waals surface area contributed by atoms with E-state index >= 15 is 0 Å². The number of nitrogens with zero attached hydrogens (tertiary/aromatic N) is 2. The molecule has 6 nitrogen and oxygen atoms in total. The molecule has 1 N–H and O–H groups in total. The first-order chi connectivity index (χ1) is 11.8. The third-order valence-electron chi connectivity index (χ3n) is 3.07. The Morgan fingerprint density at radius 3 is 2.52 bits per heavy atom. The molecule has 1 heterocycles. The molecule has 0 saturated heterocycles. The molecule has 0 aliphatic carbocycles. The highest BCUT2D eigenvalue weighted by Gasteiger charge is 2.29. The van der Waals surface area contributed by atoms with Crippen LogP contribution in [0.3, 0.4) is 0 Å². The minimum atomic E-state index is -4.49. The largest absolute Gasteiger partial charge is 0.497 e. The zero-order valence-electron chi connectivity index (χ0n) is 13.4.